The number of carbonyl (C=O) groups is 2. The fourth-order valence-corrected chi connectivity index (χ4v) is 1.45. The lowest BCUT2D eigenvalue weighted by molar-refractivity contribution is -0.136. The van der Waals surface area contributed by atoms with Gasteiger partial charge < -0.3 is 15.4 Å². The zero-order valence-corrected chi connectivity index (χ0v) is 12.4. The van der Waals surface area contributed by atoms with Gasteiger partial charge in [-0.2, -0.15) is 0 Å². The lowest BCUT2D eigenvalue weighted by atomic mass is 10.2. The molecule has 0 aliphatic heterocycles. The van der Waals surface area contributed by atoms with Crippen LogP contribution in [0.5, 0.6) is 5.75 Å². The van der Waals surface area contributed by atoms with Gasteiger partial charge in [-0.3, -0.25) is 9.59 Å². The summed E-state index contributed by atoms with van der Waals surface area (Å²) < 4.78 is 5.49. The zero-order chi connectivity index (χ0) is 15.1. The highest BCUT2D eigenvalue weighted by Gasteiger charge is 2.13. The van der Waals surface area contributed by atoms with Crippen molar-refractivity contribution in [3.05, 3.63) is 24.3 Å². The predicted molar refractivity (Wildman–Crippen MR) is 78.7 cm³/mol. The van der Waals surface area contributed by atoms with E-state index in [1.54, 1.807) is 24.3 Å². The third-order valence-electron chi connectivity index (χ3n) is 2.36. The maximum absolute atomic E-state index is 11.6. The van der Waals surface area contributed by atoms with Crippen LogP contribution in [-0.2, 0) is 9.59 Å². The Hall–Kier alpha value is -2.04. The van der Waals surface area contributed by atoms with Crippen molar-refractivity contribution < 1.29 is 14.3 Å². The fraction of sp³-hybridized carbons (Fsp3) is 0.467. The Labute approximate surface area is 119 Å². The van der Waals surface area contributed by atoms with Crippen molar-refractivity contribution in [2.24, 2.45) is 5.92 Å². The molecule has 1 rings (SSSR count). The summed E-state index contributed by atoms with van der Waals surface area (Å²) in [7, 11) is 0. The Morgan fingerprint density at radius 2 is 1.65 bits per heavy atom. The second-order valence-corrected chi connectivity index (χ2v) is 5.25. The molecule has 2 N–H and O–H groups in total. The molecule has 0 saturated heterocycles. The molecule has 1 aromatic rings. The molecular weight excluding hydrogens is 256 g/mol. The van der Waals surface area contributed by atoms with E-state index >= 15 is 0 Å². The van der Waals surface area contributed by atoms with E-state index in [1.807, 2.05) is 27.7 Å². The molecule has 0 unspecified atom stereocenters. The highest BCUT2D eigenvalue weighted by atomic mass is 16.5. The van der Waals surface area contributed by atoms with Crippen molar-refractivity contribution in [3.8, 4) is 5.75 Å². The molecule has 5 nitrogen and oxygen atoms in total. The van der Waals surface area contributed by atoms with Crippen molar-refractivity contribution in [2.45, 2.75) is 33.8 Å². The van der Waals surface area contributed by atoms with Crippen molar-refractivity contribution in [2.75, 3.05) is 11.9 Å². The van der Waals surface area contributed by atoms with Crippen molar-refractivity contribution in [3.63, 3.8) is 0 Å². The average Bonchev–Trinajstić information content (AvgIpc) is 2.37. The summed E-state index contributed by atoms with van der Waals surface area (Å²) in [5.74, 6) is -0.258. The molecule has 110 valence electrons. The number of ether oxygens (including phenoxy) is 1. The van der Waals surface area contributed by atoms with Crippen molar-refractivity contribution in [1.29, 1.82) is 0 Å². The van der Waals surface area contributed by atoms with Gasteiger partial charge in [-0.25, -0.2) is 0 Å². The summed E-state index contributed by atoms with van der Waals surface area (Å²) >= 11 is 0. The van der Waals surface area contributed by atoms with Crippen LogP contribution < -0.4 is 15.4 Å². The molecule has 20 heavy (non-hydrogen) atoms. The topological polar surface area (TPSA) is 67.4 Å². The monoisotopic (exact) mass is 278 g/mol. The van der Waals surface area contributed by atoms with E-state index in [4.69, 9.17) is 4.74 Å². The molecule has 0 radical (unpaired) electrons. The molecule has 0 aromatic heterocycles. The van der Waals surface area contributed by atoms with Gasteiger partial charge in [0.05, 0.1) is 6.10 Å². The molecule has 0 aliphatic rings. The van der Waals surface area contributed by atoms with Crippen LogP contribution in [0.1, 0.15) is 27.7 Å². The molecule has 1 aromatic carbocycles. The molecule has 2 amide bonds. The number of nitrogens with one attached hydrogen (secondary N) is 2. The minimum atomic E-state index is -0.664. The van der Waals surface area contributed by atoms with Crippen LogP contribution in [0.25, 0.3) is 0 Å². The minimum Gasteiger partial charge on any atom is -0.491 e. The van der Waals surface area contributed by atoms with Crippen LogP contribution in [0.4, 0.5) is 5.69 Å². The normalized spacial score (nSPS) is 10.5. The van der Waals surface area contributed by atoms with E-state index in [9.17, 15) is 9.59 Å². The lowest BCUT2D eigenvalue weighted by Gasteiger charge is -2.11. The number of rotatable bonds is 5. The Balaban J connectivity index is 2.51. The number of anilines is 1. The van der Waals surface area contributed by atoms with Gasteiger partial charge in [-0.1, -0.05) is 13.8 Å². The summed E-state index contributed by atoms with van der Waals surface area (Å²) in [5, 5.41) is 5.10. The number of hydrogen-bond donors (Lipinski definition) is 2. The van der Waals surface area contributed by atoms with Gasteiger partial charge in [0.15, 0.2) is 0 Å². The number of hydrogen-bond acceptors (Lipinski definition) is 3. The molecule has 5 heteroatoms. The van der Waals surface area contributed by atoms with Crippen molar-refractivity contribution in [1.82, 2.24) is 5.32 Å². The first-order valence-electron chi connectivity index (χ1n) is 6.74. The number of amides is 2. The number of benzene rings is 1. The Kier molecular flexibility index (Phi) is 6.03. The highest BCUT2D eigenvalue weighted by molar-refractivity contribution is 6.39. The highest BCUT2D eigenvalue weighted by Crippen LogP contribution is 2.16. The van der Waals surface area contributed by atoms with E-state index in [-0.39, 0.29) is 6.10 Å². The Bertz CT molecular complexity index is 453. The standard InChI is InChI=1S/C15H22N2O3/c1-10(2)9-16-14(18)15(19)17-12-5-7-13(8-6-12)20-11(3)4/h5-8,10-11H,9H2,1-4H3,(H,16,18)(H,17,19). The molecule has 0 bridgehead atoms. The molecule has 0 aliphatic carbocycles. The predicted octanol–water partition coefficient (Wildman–Crippen LogP) is 2.18. The first kappa shape index (κ1) is 16.0. The first-order chi connectivity index (χ1) is 9.38. The van der Waals surface area contributed by atoms with Gasteiger partial charge in [0.25, 0.3) is 0 Å². The third-order valence-corrected chi connectivity index (χ3v) is 2.36. The molecule has 0 heterocycles. The maximum atomic E-state index is 11.6. The molecule has 0 fully saturated rings. The summed E-state index contributed by atoms with van der Waals surface area (Å²) in [6.45, 7) is 8.29. The van der Waals surface area contributed by atoms with Crippen molar-refractivity contribution >= 4 is 17.5 Å². The molecular formula is C15H22N2O3. The Morgan fingerprint density at radius 1 is 1.05 bits per heavy atom. The van der Waals surface area contributed by atoms with Crippen LogP contribution >= 0.6 is 0 Å². The average molecular weight is 278 g/mol. The smallest absolute Gasteiger partial charge is 0.313 e. The SMILES string of the molecule is CC(C)CNC(=O)C(=O)Nc1ccc(OC(C)C)cc1. The van der Waals surface area contributed by atoms with Gasteiger partial charge in [0, 0.05) is 12.2 Å². The molecule has 0 atom stereocenters. The van der Waals surface area contributed by atoms with E-state index in [0.29, 0.717) is 18.2 Å². The summed E-state index contributed by atoms with van der Waals surface area (Å²) in [6, 6.07) is 6.90. The van der Waals surface area contributed by atoms with E-state index in [2.05, 4.69) is 10.6 Å². The second kappa shape index (κ2) is 7.53. The maximum Gasteiger partial charge on any atom is 0.313 e. The van der Waals surface area contributed by atoms with Crippen LogP contribution in [0.3, 0.4) is 0 Å². The minimum absolute atomic E-state index is 0.0947. The lowest BCUT2D eigenvalue weighted by Crippen LogP contribution is -2.37. The van der Waals surface area contributed by atoms with Crippen LogP contribution in [-0.4, -0.2) is 24.5 Å². The zero-order valence-electron chi connectivity index (χ0n) is 12.4. The van der Waals surface area contributed by atoms with Gasteiger partial charge >= 0.3 is 11.8 Å². The van der Waals surface area contributed by atoms with Gasteiger partial charge in [0.2, 0.25) is 0 Å². The molecule has 0 saturated carbocycles. The van der Waals surface area contributed by atoms with E-state index in [1.165, 1.54) is 0 Å². The van der Waals surface area contributed by atoms with Crippen LogP contribution in [0, 0.1) is 5.92 Å². The fourth-order valence-electron chi connectivity index (χ4n) is 1.45. The van der Waals surface area contributed by atoms with Gasteiger partial charge in [0.1, 0.15) is 5.75 Å². The van der Waals surface area contributed by atoms with E-state index < -0.39 is 11.8 Å². The van der Waals surface area contributed by atoms with Crippen LogP contribution in [0.2, 0.25) is 0 Å². The largest absolute Gasteiger partial charge is 0.491 e. The quantitative estimate of drug-likeness (QED) is 0.811. The summed E-state index contributed by atoms with van der Waals surface area (Å²) in [5.41, 5.74) is 0.561. The Morgan fingerprint density at radius 3 is 2.15 bits per heavy atom. The van der Waals surface area contributed by atoms with E-state index in [0.717, 1.165) is 5.75 Å². The summed E-state index contributed by atoms with van der Waals surface area (Å²) in [4.78, 5) is 23.1. The first-order valence-corrected chi connectivity index (χ1v) is 6.74. The number of carbonyl (C=O) groups excluding carboxylic acids is 2. The van der Waals surface area contributed by atoms with Gasteiger partial charge in [-0.15, -0.1) is 0 Å². The van der Waals surface area contributed by atoms with Gasteiger partial charge in [-0.05, 0) is 44.0 Å². The summed E-state index contributed by atoms with van der Waals surface area (Å²) in [6.07, 6.45) is 0.0947. The molecule has 0 spiro atoms. The second-order valence-electron chi connectivity index (χ2n) is 5.25. The van der Waals surface area contributed by atoms with Crippen LogP contribution in [0.15, 0.2) is 24.3 Å². The third kappa shape index (κ3) is 5.73.